The predicted molar refractivity (Wildman–Crippen MR) is 57.5 cm³/mol. The molecule has 2 rings (SSSR count). The molecule has 0 spiro atoms. The lowest BCUT2D eigenvalue weighted by Gasteiger charge is -2.25. The van der Waals surface area contributed by atoms with Crippen LogP contribution in [0.5, 0.6) is 0 Å². The van der Waals surface area contributed by atoms with Crippen LogP contribution >= 0.6 is 10.0 Å². The number of fused-ring (bicyclic) bond motifs is 1. The fourth-order valence-corrected chi connectivity index (χ4v) is 4.18. The predicted octanol–water partition coefficient (Wildman–Crippen LogP) is 2.97. The van der Waals surface area contributed by atoms with E-state index >= 15 is 0 Å². The van der Waals surface area contributed by atoms with E-state index in [1.807, 2.05) is 0 Å². The van der Waals surface area contributed by atoms with Gasteiger partial charge in [0, 0.05) is 0 Å². The Morgan fingerprint density at radius 1 is 1.25 bits per heavy atom. The van der Waals surface area contributed by atoms with Crippen LogP contribution in [0, 0.1) is 6.92 Å². The minimum atomic E-state index is -0.422. The first kappa shape index (κ1) is 8.18. The van der Waals surface area contributed by atoms with Crippen molar-refractivity contribution in [1.29, 1.82) is 0 Å². The second-order valence-corrected chi connectivity index (χ2v) is 8.03. The monoisotopic (exact) mass is 180 g/mol. The first-order chi connectivity index (χ1) is 5.59. The maximum absolute atomic E-state index is 2.42. The van der Waals surface area contributed by atoms with E-state index in [1.54, 1.807) is 10.5 Å². The second kappa shape index (κ2) is 2.53. The molecule has 1 aromatic rings. The Labute approximate surface area is 76.3 Å². The Kier molecular flexibility index (Phi) is 1.72. The largest absolute Gasteiger partial charge is 0.220 e. The van der Waals surface area contributed by atoms with E-state index < -0.39 is 10.0 Å². The first-order valence-electron chi connectivity index (χ1n) is 4.40. The SMILES string of the molecule is Cc1ccc2c(c1)CCS2(C)C. The summed E-state index contributed by atoms with van der Waals surface area (Å²) in [4.78, 5) is 1.65. The van der Waals surface area contributed by atoms with E-state index in [4.69, 9.17) is 0 Å². The molecular weight excluding hydrogens is 164 g/mol. The Balaban J connectivity index is 2.55. The Morgan fingerprint density at radius 3 is 2.75 bits per heavy atom. The highest BCUT2D eigenvalue weighted by Gasteiger charge is 2.24. The molecule has 0 amide bonds. The van der Waals surface area contributed by atoms with Gasteiger partial charge in [-0.05, 0) is 48.1 Å². The highest BCUT2D eigenvalue weighted by Crippen LogP contribution is 2.55. The Bertz CT molecular complexity index is 313. The zero-order valence-electron chi connectivity index (χ0n) is 8.05. The minimum Gasteiger partial charge on any atom is -0.220 e. The summed E-state index contributed by atoms with van der Waals surface area (Å²) >= 11 is 0. The zero-order valence-corrected chi connectivity index (χ0v) is 8.87. The average molecular weight is 180 g/mol. The smallest absolute Gasteiger partial charge is 0.00711 e. The van der Waals surface area contributed by atoms with E-state index in [9.17, 15) is 0 Å². The molecule has 0 fully saturated rings. The van der Waals surface area contributed by atoms with Gasteiger partial charge in [-0.25, -0.2) is 10.0 Å². The lowest BCUT2D eigenvalue weighted by Crippen LogP contribution is -1.93. The van der Waals surface area contributed by atoms with E-state index in [1.165, 1.54) is 17.7 Å². The van der Waals surface area contributed by atoms with Gasteiger partial charge in [-0.15, -0.1) is 0 Å². The van der Waals surface area contributed by atoms with Gasteiger partial charge in [-0.2, -0.15) is 0 Å². The van der Waals surface area contributed by atoms with Crippen LogP contribution in [0.1, 0.15) is 11.1 Å². The number of rotatable bonds is 0. The molecule has 0 aromatic heterocycles. The molecule has 1 aliphatic rings. The lowest BCUT2D eigenvalue weighted by molar-refractivity contribution is 1.13. The molecule has 12 heavy (non-hydrogen) atoms. The van der Waals surface area contributed by atoms with Gasteiger partial charge in [0.2, 0.25) is 0 Å². The van der Waals surface area contributed by atoms with Crippen LogP contribution in [-0.2, 0) is 6.42 Å². The van der Waals surface area contributed by atoms with Crippen molar-refractivity contribution in [1.82, 2.24) is 0 Å². The lowest BCUT2D eigenvalue weighted by atomic mass is 10.1. The minimum absolute atomic E-state index is 0.422. The molecule has 0 saturated carbocycles. The van der Waals surface area contributed by atoms with E-state index in [2.05, 4.69) is 37.6 Å². The molecular formula is C11H16S. The maximum Gasteiger partial charge on any atom is -0.00711 e. The van der Waals surface area contributed by atoms with Crippen LogP contribution in [0.25, 0.3) is 0 Å². The van der Waals surface area contributed by atoms with Gasteiger partial charge in [-0.3, -0.25) is 0 Å². The summed E-state index contributed by atoms with van der Waals surface area (Å²) in [6, 6.07) is 6.95. The van der Waals surface area contributed by atoms with Crippen LogP contribution in [0.15, 0.2) is 23.1 Å². The molecule has 0 atom stereocenters. The molecule has 0 saturated heterocycles. The van der Waals surface area contributed by atoms with Crippen LogP contribution in [-0.4, -0.2) is 18.3 Å². The molecule has 66 valence electrons. The summed E-state index contributed by atoms with van der Waals surface area (Å²) in [5.74, 6) is 1.39. The van der Waals surface area contributed by atoms with Crippen molar-refractivity contribution in [2.24, 2.45) is 0 Å². The molecule has 0 aliphatic carbocycles. The quantitative estimate of drug-likeness (QED) is 0.576. The highest BCUT2D eigenvalue weighted by atomic mass is 32.3. The summed E-state index contributed by atoms with van der Waals surface area (Å²) in [5, 5.41) is 0. The summed E-state index contributed by atoms with van der Waals surface area (Å²) < 4.78 is 0. The molecule has 1 heterocycles. The maximum atomic E-state index is 2.42. The highest BCUT2D eigenvalue weighted by molar-refractivity contribution is 8.32. The van der Waals surface area contributed by atoms with Gasteiger partial charge in [0.15, 0.2) is 0 Å². The van der Waals surface area contributed by atoms with E-state index in [0.717, 1.165) is 0 Å². The third-order valence-electron chi connectivity index (χ3n) is 2.69. The normalized spacial score (nSPS) is 21.9. The Hall–Kier alpha value is -0.430. The number of hydrogen-bond acceptors (Lipinski definition) is 0. The molecule has 1 aliphatic heterocycles. The van der Waals surface area contributed by atoms with Crippen LogP contribution in [0.3, 0.4) is 0 Å². The number of hydrogen-bond donors (Lipinski definition) is 0. The van der Waals surface area contributed by atoms with Gasteiger partial charge >= 0.3 is 0 Å². The van der Waals surface area contributed by atoms with Crippen molar-refractivity contribution in [2.75, 3.05) is 18.3 Å². The fraction of sp³-hybridized carbons (Fsp3) is 0.455. The third-order valence-corrected chi connectivity index (χ3v) is 5.51. The Morgan fingerprint density at radius 2 is 2.00 bits per heavy atom. The fourth-order valence-electron chi connectivity index (χ4n) is 1.92. The van der Waals surface area contributed by atoms with Gasteiger partial charge in [0.1, 0.15) is 0 Å². The van der Waals surface area contributed by atoms with E-state index in [-0.39, 0.29) is 0 Å². The third kappa shape index (κ3) is 1.16. The molecule has 0 N–H and O–H groups in total. The molecule has 1 aromatic carbocycles. The zero-order chi connectivity index (χ0) is 8.77. The van der Waals surface area contributed by atoms with Crippen molar-refractivity contribution in [3.05, 3.63) is 29.3 Å². The van der Waals surface area contributed by atoms with Gasteiger partial charge in [0.05, 0.1) is 0 Å². The molecule has 1 heteroatoms. The van der Waals surface area contributed by atoms with Crippen LogP contribution in [0.4, 0.5) is 0 Å². The molecule has 0 unspecified atom stereocenters. The molecule has 0 radical (unpaired) electrons. The summed E-state index contributed by atoms with van der Waals surface area (Å²) in [7, 11) is -0.422. The topological polar surface area (TPSA) is 0 Å². The average Bonchev–Trinajstić information content (AvgIpc) is 2.27. The number of aryl methyl sites for hydroxylation is 2. The van der Waals surface area contributed by atoms with Crippen LogP contribution < -0.4 is 0 Å². The standard InChI is InChI=1S/C11H16S/c1-9-4-5-11-10(8-9)6-7-12(11,2)3/h4-5,8H,6-7H2,1-3H3. The van der Waals surface area contributed by atoms with Crippen LogP contribution in [0.2, 0.25) is 0 Å². The van der Waals surface area contributed by atoms with Crippen molar-refractivity contribution in [2.45, 2.75) is 18.2 Å². The van der Waals surface area contributed by atoms with Crippen molar-refractivity contribution in [3.63, 3.8) is 0 Å². The second-order valence-electron chi connectivity index (χ2n) is 4.10. The van der Waals surface area contributed by atoms with Gasteiger partial charge in [0.25, 0.3) is 0 Å². The summed E-state index contributed by atoms with van der Waals surface area (Å²) in [6.45, 7) is 2.18. The molecule has 0 bridgehead atoms. The summed E-state index contributed by atoms with van der Waals surface area (Å²) in [6.07, 6.45) is 6.15. The number of benzene rings is 1. The van der Waals surface area contributed by atoms with Crippen molar-refractivity contribution < 1.29 is 0 Å². The molecule has 0 nitrogen and oxygen atoms in total. The van der Waals surface area contributed by atoms with Gasteiger partial charge in [-0.1, -0.05) is 17.7 Å². The first-order valence-corrected chi connectivity index (χ1v) is 7.02. The van der Waals surface area contributed by atoms with E-state index in [0.29, 0.717) is 0 Å². The summed E-state index contributed by atoms with van der Waals surface area (Å²) in [5.41, 5.74) is 3.01. The van der Waals surface area contributed by atoms with Crippen molar-refractivity contribution in [3.8, 4) is 0 Å². The van der Waals surface area contributed by atoms with Gasteiger partial charge < -0.3 is 0 Å². The van der Waals surface area contributed by atoms with Crippen molar-refractivity contribution >= 4 is 10.0 Å².